The predicted octanol–water partition coefficient (Wildman–Crippen LogP) is 1.84. The van der Waals surface area contributed by atoms with Crippen molar-refractivity contribution in [1.82, 2.24) is 10.6 Å². The number of urea groups is 1. The van der Waals surface area contributed by atoms with Crippen LogP contribution in [0.25, 0.3) is 0 Å². The minimum Gasteiger partial charge on any atom is -0.379 e. The molecule has 3 aliphatic rings. The van der Waals surface area contributed by atoms with Gasteiger partial charge in [-0.15, -0.1) is 0 Å². The molecule has 0 bridgehead atoms. The van der Waals surface area contributed by atoms with Crippen molar-refractivity contribution >= 4 is 17.6 Å². The number of hydrogen-bond donors (Lipinski definition) is 2. The van der Waals surface area contributed by atoms with Crippen LogP contribution in [0.15, 0.2) is 18.2 Å². The second kappa shape index (κ2) is 7.86. The van der Waals surface area contributed by atoms with Gasteiger partial charge < -0.3 is 20.1 Å². The average Bonchev–Trinajstić information content (AvgIpc) is 3.41. The molecule has 2 heterocycles. The van der Waals surface area contributed by atoms with E-state index < -0.39 is 0 Å². The maximum atomic E-state index is 12.8. The van der Waals surface area contributed by atoms with Crippen LogP contribution in [0.5, 0.6) is 0 Å². The summed E-state index contributed by atoms with van der Waals surface area (Å²) in [5, 5.41) is 5.87. The van der Waals surface area contributed by atoms with Crippen molar-refractivity contribution in [2.45, 2.75) is 38.3 Å². The van der Waals surface area contributed by atoms with Crippen molar-refractivity contribution < 1.29 is 19.1 Å². The minimum absolute atomic E-state index is 0.00224. The number of rotatable bonds is 6. The number of nitrogens with zero attached hydrogens (tertiary/aromatic N) is 1. The van der Waals surface area contributed by atoms with Crippen LogP contribution >= 0.6 is 0 Å². The first-order valence-corrected chi connectivity index (χ1v) is 9.78. The number of ether oxygens (including phenoxy) is 2. The number of carbonyl (C=O) groups excluding carboxylic acids is 2. The van der Waals surface area contributed by atoms with Crippen molar-refractivity contribution in [2.75, 3.05) is 37.8 Å². The molecule has 4 rings (SSSR count). The summed E-state index contributed by atoms with van der Waals surface area (Å²) in [5.74, 6) is 0.529. The molecule has 2 saturated heterocycles. The maximum absolute atomic E-state index is 12.8. The van der Waals surface area contributed by atoms with E-state index in [9.17, 15) is 9.59 Å². The first-order valence-electron chi connectivity index (χ1n) is 9.78. The number of benzene rings is 1. The zero-order valence-electron chi connectivity index (χ0n) is 15.7. The largest absolute Gasteiger partial charge is 0.379 e. The van der Waals surface area contributed by atoms with Gasteiger partial charge >= 0.3 is 6.03 Å². The fourth-order valence-corrected chi connectivity index (χ4v) is 3.59. The van der Waals surface area contributed by atoms with E-state index >= 15 is 0 Å². The summed E-state index contributed by atoms with van der Waals surface area (Å²) in [6, 6.07) is 5.20. The lowest BCUT2D eigenvalue weighted by atomic mass is 10.0. The van der Waals surface area contributed by atoms with Crippen LogP contribution in [0.4, 0.5) is 10.5 Å². The fourth-order valence-electron chi connectivity index (χ4n) is 3.59. The van der Waals surface area contributed by atoms with Crippen LogP contribution in [-0.4, -0.2) is 57.0 Å². The van der Waals surface area contributed by atoms with Crippen LogP contribution in [0.1, 0.15) is 35.2 Å². The fraction of sp³-hybridized carbons (Fsp3) is 0.600. The van der Waals surface area contributed by atoms with Crippen molar-refractivity contribution in [2.24, 2.45) is 5.92 Å². The minimum atomic E-state index is -0.161. The van der Waals surface area contributed by atoms with E-state index in [-0.39, 0.29) is 24.1 Å². The van der Waals surface area contributed by atoms with Gasteiger partial charge in [0.2, 0.25) is 0 Å². The molecule has 2 N–H and O–H groups in total. The summed E-state index contributed by atoms with van der Waals surface area (Å²) in [5.41, 5.74) is 2.29. The molecule has 1 aromatic carbocycles. The quantitative estimate of drug-likeness (QED) is 0.797. The molecule has 146 valence electrons. The average molecular weight is 373 g/mol. The van der Waals surface area contributed by atoms with Gasteiger partial charge in [0.1, 0.15) is 0 Å². The second-order valence-electron chi connectivity index (χ2n) is 7.64. The summed E-state index contributed by atoms with van der Waals surface area (Å²) in [6.45, 7) is 5.08. The van der Waals surface area contributed by atoms with Gasteiger partial charge in [-0.3, -0.25) is 9.69 Å². The summed E-state index contributed by atoms with van der Waals surface area (Å²) in [4.78, 5) is 26.5. The first-order chi connectivity index (χ1) is 13.1. The van der Waals surface area contributed by atoms with Crippen LogP contribution < -0.4 is 15.5 Å². The lowest BCUT2D eigenvalue weighted by Crippen LogP contribution is -2.50. The van der Waals surface area contributed by atoms with Gasteiger partial charge in [0.25, 0.3) is 5.91 Å². The first kappa shape index (κ1) is 18.3. The van der Waals surface area contributed by atoms with E-state index in [1.165, 1.54) is 12.8 Å². The zero-order valence-corrected chi connectivity index (χ0v) is 15.7. The summed E-state index contributed by atoms with van der Waals surface area (Å²) < 4.78 is 11.6. The van der Waals surface area contributed by atoms with Gasteiger partial charge in [-0.1, -0.05) is 6.07 Å². The molecule has 2 aliphatic heterocycles. The number of nitrogens with one attached hydrogen (secondary N) is 2. The molecular formula is C20H27N3O4. The SMILES string of the molecule is Cc1ccc(C(=O)N[C@@H]2COCC[C@@H]2OCC2CC2)cc1N1CCNC1=O. The molecular weight excluding hydrogens is 346 g/mol. The van der Waals surface area contributed by atoms with E-state index in [0.717, 1.165) is 24.3 Å². The highest BCUT2D eigenvalue weighted by Crippen LogP contribution is 2.30. The number of amides is 3. The van der Waals surface area contributed by atoms with Crippen LogP contribution in [0.2, 0.25) is 0 Å². The van der Waals surface area contributed by atoms with Gasteiger partial charge in [-0.25, -0.2) is 4.79 Å². The van der Waals surface area contributed by atoms with Crippen LogP contribution in [0, 0.1) is 12.8 Å². The second-order valence-corrected chi connectivity index (χ2v) is 7.64. The maximum Gasteiger partial charge on any atom is 0.322 e. The van der Waals surface area contributed by atoms with Crippen molar-refractivity contribution in [1.29, 1.82) is 0 Å². The van der Waals surface area contributed by atoms with Gasteiger partial charge in [-0.05, 0) is 49.8 Å². The third kappa shape index (κ3) is 4.25. The van der Waals surface area contributed by atoms with E-state index in [0.29, 0.717) is 37.8 Å². The Bertz CT molecular complexity index is 719. The molecule has 7 nitrogen and oxygen atoms in total. The molecule has 27 heavy (non-hydrogen) atoms. The predicted molar refractivity (Wildman–Crippen MR) is 101 cm³/mol. The molecule has 1 saturated carbocycles. The Morgan fingerprint density at radius 2 is 2.22 bits per heavy atom. The van der Waals surface area contributed by atoms with Gasteiger partial charge in [0, 0.05) is 37.6 Å². The van der Waals surface area contributed by atoms with Crippen molar-refractivity contribution in [3.8, 4) is 0 Å². The van der Waals surface area contributed by atoms with Crippen LogP contribution in [-0.2, 0) is 9.47 Å². The molecule has 0 radical (unpaired) electrons. The summed E-state index contributed by atoms with van der Waals surface area (Å²) in [7, 11) is 0. The third-order valence-corrected chi connectivity index (χ3v) is 5.47. The van der Waals surface area contributed by atoms with Gasteiger partial charge in [-0.2, -0.15) is 0 Å². The van der Waals surface area contributed by atoms with E-state index in [1.807, 2.05) is 13.0 Å². The third-order valence-electron chi connectivity index (χ3n) is 5.47. The number of anilines is 1. The number of carbonyl (C=O) groups is 2. The lowest BCUT2D eigenvalue weighted by molar-refractivity contribution is -0.0567. The Kier molecular flexibility index (Phi) is 5.31. The Morgan fingerprint density at radius 3 is 2.96 bits per heavy atom. The number of aryl methyl sites for hydroxylation is 1. The molecule has 7 heteroatoms. The van der Waals surface area contributed by atoms with Crippen molar-refractivity contribution in [3.05, 3.63) is 29.3 Å². The van der Waals surface area contributed by atoms with Gasteiger partial charge in [0.15, 0.2) is 0 Å². The zero-order chi connectivity index (χ0) is 18.8. The monoisotopic (exact) mass is 373 g/mol. The highest BCUT2D eigenvalue weighted by Gasteiger charge is 2.31. The van der Waals surface area contributed by atoms with Gasteiger partial charge in [0.05, 0.1) is 18.8 Å². The Hall–Kier alpha value is -2.12. The topological polar surface area (TPSA) is 79.9 Å². The Labute approximate surface area is 159 Å². The molecule has 1 aromatic rings. The Morgan fingerprint density at radius 1 is 1.37 bits per heavy atom. The Balaban J connectivity index is 1.44. The molecule has 0 spiro atoms. The molecule has 0 aromatic heterocycles. The molecule has 0 unspecified atom stereocenters. The summed E-state index contributed by atoms with van der Waals surface area (Å²) in [6.07, 6.45) is 3.29. The van der Waals surface area contributed by atoms with Crippen LogP contribution in [0.3, 0.4) is 0 Å². The molecule has 2 atom stereocenters. The van der Waals surface area contributed by atoms with Crippen molar-refractivity contribution in [3.63, 3.8) is 0 Å². The van der Waals surface area contributed by atoms with E-state index in [4.69, 9.17) is 9.47 Å². The normalized spacial score (nSPS) is 25.4. The molecule has 3 fully saturated rings. The van der Waals surface area contributed by atoms with E-state index in [1.54, 1.807) is 17.0 Å². The molecule has 3 amide bonds. The standard InChI is InChI=1S/C20H27N3O4/c1-13-2-5-15(10-17(13)23-8-7-21-20(23)25)19(24)22-16-12-26-9-6-18(16)27-11-14-3-4-14/h2,5,10,14,16,18H,3-4,6-9,11-12H2,1H3,(H,21,25)(H,22,24)/t16-,18+/m1/s1. The smallest absolute Gasteiger partial charge is 0.322 e. The lowest BCUT2D eigenvalue weighted by Gasteiger charge is -2.32. The highest BCUT2D eigenvalue weighted by molar-refractivity contribution is 5.99. The number of hydrogen-bond acceptors (Lipinski definition) is 4. The summed E-state index contributed by atoms with van der Waals surface area (Å²) >= 11 is 0. The highest BCUT2D eigenvalue weighted by atomic mass is 16.5. The molecule has 1 aliphatic carbocycles. The van der Waals surface area contributed by atoms with E-state index in [2.05, 4.69) is 10.6 Å².